The van der Waals surface area contributed by atoms with E-state index in [1.807, 2.05) is 6.26 Å². The number of aromatic carboxylic acids is 1. The Hall–Kier alpha value is -1.23. The molecule has 0 unspecified atom stereocenters. The number of hydrogen-bond acceptors (Lipinski definition) is 3. The van der Waals surface area contributed by atoms with Crippen molar-refractivity contribution in [2.75, 3.05) is 23.9 Å². The molecule has 0 aliphatic heterocycles. The summed E-state index contributed by atoms with van der Waals surface area (Å²) in [6.07, 6.45) is 2.96. The zero-order valence-electron chi connectivity index (χ0n) is 9.00. The summed E-state index contributed by atoms with van der Waals surface area (Å²) in [5.41, 5.74) is 0.444. The fourth-order valence-electron chi connectivity index (χ4n) is 1.29. The second-order valence-corrected chi connectivity index (χ2v) is 4.25. The van der Waals surface area contributed by atoms with Gasteiger partial charge in [0.05, 0.1) is 5.56 Å². The Kier molecular flexibility index (Phi) is 5.11. The molecule has 0 bridgehead atoms. The van der Waals surface area contributed by atoms with Crippen LogP contribution in [-0.4, -0.2) is 29.6 Å². The molecule has 0 fully saturated rings. The molecule has 3 nitrogen and oxygen atoms in total. The first-order chi connectivity index (χ1) is 7.65. The topological polar surface area (TPSA) is 49.3 Å². The van der Waals surface area contributed by atoms with Crippen LogP contribution in [-0.2, 0) is 0 Å². The van der Waals surface area contributed by atoms with E-state index in [0.717, 1.165) is 18.2 Å². The zero-order chi connectivity index (χ0) is 12.0. The summed E-state index contributed by atoms with van der Waals surface area (Å²) in [5, 5.41) is 11.9. The standard InChI is InChI=1S/C11H14FNO2S/c1-16-6-2-5-13-10-4-3-8(12)7-9(10)11(14)15/h3-4,7,13H,2,5-6H2,1H3,(H,14,15). The van der Waals surface area contributed by atoms with E-state index in [0.29, 0.717) is 12.2 Å². The Balaban J connectivity index is 2.67. The van der Waals surface area contributed by atoms with Gasteiger partial charge in [0.15, 0.2) is 0 Å². The molecule has 0 heterocycles. The maximum atomic E-state index is 12.9. The van der Waals surface area contributed by atoms with Gasteiger partial charge in [0.1, 0.15) is 5.82 Å². The van der Waals surface area contributed by atoms with E-state index < -0.39 is 11.8 Å². The number of carboxylic acids is 1. The summed E-state index contributed by atoms with van der Waals surface area (Å²) >= 11 is 1.73. The van der Waals surface area contributed by atoms with E-state index >= 15 is 0 Å². The number of anilines is 1. The molecule has 0 aromatic heterocycles. The first kappa shape index (κ1) is 12.8. The molecule has 0 atom stereocenters. The molecule has 16 heavy (non-hydrogen) atoms. The molecular formula is C11H14FNO2S. The third-order valence-corrected chi connectivity index (χ3v) is 2.75. The van der Waals surface area contributed by atoms with Gasteiger partial charge in [0, 0.05) is 12.2 Å². The first-order valence-corrected chi connectivity index (χ1v) is 6.30. The monoisotopic (exact) mass is 243 g/mol. The van der Waals surface area contributed by atoms with Gasteiger partial charge in [-0.05, 0) is 36.6 Å². The summed E-state index contributed by atoms with van der Waals surface area (Å²) < 4.78 is 12.9. The van der Waals surface area contributed by atoms with E-state index in [-0.39, 0.29) is 5.56 Å². The molecule has 88 valence electrons. The average Bonchev–Trinajstić information content (AvgIpc) is 2.26. The second-order valence-electron chi connectivity index (χ2n) is 3.27. The lowest BCUT2D eigenvalue weighted by molar-refractivity contribution is 0.0697. The van der Waals surface area contributed by atoms with Crippen molar-refractivity contribution < 1.29 is 14.3 Å². The molecule has 0 radical (unpaired) electrons. The highest BCUT2D eigenvalue weighted by Gasteiger charge is 2.10. The van der Waals surface area contributed by atoms with Gasteiger partial charge in [-0.1, -0.05) is 0 Å². The molecule has 0 amide bonds. The molecule has 0 aliphatic carbocycles. The minimum absolute atomic E-state index is 0.0239. The van der Waals surface area contributed by atoms with E-state index in [1.54, 1.807) is 11.8 Å². The van der Waals surface area contributed by atoms with Crippen LogP contribution in [0.15, 0.2) is 18.2 Å². The Bertz CT molecular complexity index is 371. The van der Waals surface area contributed by atoms with Crippen molar-refractivity contribution in [3.63, 3.8) is 0 Å². The molecule has 1 rings (SSSR count). The Labute approximate surface area is 98.1 Å². The summed E-state index contributed by atoms with van der Waals surface area (Å²) in [6.45, 7) is 0.687. The SMILES string of the molecule is CSCCCNc1ccc(F)cc1C(=O)O. The van der Waals surface area contributed by atoms with Gasteiger partial charge in [-0.2, -0.15) is 11.8 Å². The smallest absolute Gasteiger partial charge is 0.337 e. The predicted molar refractivity (Wildman–Crippen MR) is 64.8 cm³/mol. The summed E-state index contributed by atoms with van der Waals surface area (Å²) in [4.78, 5) is 10.9. The lowest BCUT2D eigenvalue weighted by Gasteiger charge is -2.09. The van der Waals surface area contributed by atoms with Crippen molar-refractivity contribution in [1.82, 2.24) is 0 Å². The van der Waals surface area contributed by atoms with Crippen LogP contribution in [0.4, 0.5) is 10.1 Å². The second kappa shape index (κ2) is 6.37. The Morgan fingerprint density at radius 3 is 2.94 bits per heavy atom. The van der Waals surface area contributed by atoms with E-state index in [1.165, 1.54) is 12.1 Å². The molecule has 0 saturated heterocycles. The molecule has 0 saturated carbocycles. The van der Waals surface area contributed by atoms with Crippen molar-refractivity contribution in [2.45, 2.75) is 6.42 Å². The van der Waals surface area contributed by atoms with Crippen LogP contribution in [0.3, 0.4) is 0 Å². The van der Waals surface area contributed by atoms with Crippen LogP contribution in [0.25, 0.3) is 0 Å². The summed E-state index contributed by atoms with van der Waals surface area (Å²) in [7, 11) is 0. The number of benzene rings is 1. The number of nitrogens with one attached hydrogen (secondary N) is 1. The minimum atomic E-state index is -1.12. The van der Waals surface area contributed by atoms with Crippen molar-refractivity contribution in [1.29, 1.82) is 0 Å². The number of thioether (sulfide) groups is 1. The summed E-state index contributed by atoms with van der Waals surface area (Å²) in [6, 6.07) is 3.74. The normalized spacial score (nSPS) is 10.1. The van der Waals surface area contributed by atoms with Gasteiger partial charge in [0.25, 0.3) is 0 Å². The largest absolute Gasteiger partial charge is 0.478 e. The highest BCUT2D eigenvalue weighted by molar-refractivity contribution is 7.98. The number of hydrogen-bond donors (Lipinski definition) is 2. The van der Waals surface area contributed by atoms with Crippen LogP contribution in [0.1, 0.15) is 16.8 Å². The highest BCUT2D eigenvalue weighted by atomic mass is 32.2. The lowest BCUT2D eigenvalue weighted by atomic mass is 10.1. The van der Waals surface area contributed by atoms with Crippen molar-refractivity contribution in [3.05, 3.63) is 29.6 Å². The molecule has 1 aromatic rings. The van der Waals surface area contributed by atoms with Crippen LogP contribution >= 0.6 is 11.8 Å². The number of rotatable bonds is 6. The molecule has 5 heteroatoms. The lowest BCUT2D eigenvalue weighted by Crippen LogP contribution is -2.08. The summed E-state index contributed by atoms with van der Waals surface area (Å²) in [5.74, 6) is -0.643. The van der Waals surface area contributed by atoms with Crippen LogP contribution in [0.2, 0.25) is 0 Å². The Morgan fingerprint density at radius 2 is 2.31 bits per heavy atom. The predicted octanol–water partition coefficient (Wildman–Crippen LogP) is 2.69. The molecule has 0 spiro atoms. The van der Waals surface area contributed by atoms with Crippen LogP contribution < -0.4 is 5.32 Å². The highest BCUT2D eigenvalue weighted by Crippen LogP contribution is 2.17. The van der Waals surface area contributed by atoms with Gasteiger partial charge in [-0.3, -0.25) is 0 Å². The third kappa shape index (κ3) is 3.73. The Morgan fingerprint density at radius 1 is 1.56 bits per heavy atom. The van der Waals surface area contributed by atoms with Gasteiger partial charge in [-0.25, -0.2) is 9.18 Å². The van der Waals surface area contributed by atoms with Gasteiger partial charge < -0.3 is 10.4 Å². The van der Waals surface area contributed by atoms with Crippen molar-refractivity contribution >= 4 is 23.4 Å². The first-order valence-electron chi connectivity index (χ1n) is 4.91. The number of halogens is 1. The minimum Gasteiger partial charge on any atom is -0.478 e. The maximum absolute atomic E-state index is 12.9. The fraction of sp³-hybridized carbons (Fsp3) is 0.364. The molecule has 0 aliphatic rings. The quantitative estimate of drug-likeness (QED) is 0.754. The molecule has 2 N–H and O–H groups in total. The average molecular weight is 243 g/mol. The van der Waals surface area contributed by atoms with E-state index in [4.69, 9.17) is 5.11 Å². The van der Waals surface area contributed by atoms with Gasteiger partial charge in [0.2, 0.25) is 0 Å². The van der Waals surface area contributed by atoms with Gasteiger partial charge >= 0.3 is 5.97 Å². The van der Waals surface area contributed by atoms with Crippen LogP contribution in [0, 0.1) is 5.82 Å². The number of carbonyl (C=O) groups is 1. The zero-order valence-corrected chi connectivity index (χ0v) is 9.81. The fourth-order valence-corrected chi connectivity index (χ4v) is 1.72. The number of carboxylic acid groups (broad SMARTS) is 1. The molecule has 1 aromatic carbocycles. The van der Waals surface area contributed by atoms with E-state index in [2.05, 4.69) is 5.32 Å². The van der Waals surface area contributed by atoms with Gasteiger partial charge in [-0.15, -0.1) is 0 Å². The third-order valence-electron chi connectivity index (χ3n) is 2.05. The maximum Gasteiger partial charge on any atom is 0.337 e. The molecular weight excluding hydrogens is 229 g/mol. The van der Waals surface area contributed by atoms with Crippen molar-refractivity contribution in [2.24, 2.45) is 0 Å². The van der Waals surface area contributed by atoms with E-state index in [9.17, 15) is 9.18 Å². The van der Waals surface area contributed by atoms with Crippen molar-refractivity contribution in [3.8, 4) is 0 Å². The van der Waals surface area contributed by atoms with Crippen LogP contribution in [0.5, 0.6) is 0 Å².